The van der Waals surface area contributed by atoms with E-state index < -0.39 is 0 Å². The highest BCUT2D eigenvalue weighted by atomic mass is 16.5. The summed E-state index contributed by atoms with van der Waals surface area (Å²) in [5.41, 5.74) is 2.90. The Balaban J connectivity index is 1.54. The van der Waals surface area contributed by atoms with Gasteiger partial charge in [0.15, 0.2) is 11.6 Å². The zero-order valence-electron chi connectivity index (χ0n) is 16.5. The lowest BCUT2D eigenvalue weighted by Crippen LogP contribution is -2.09. The van der Waals surface area contributed by atoms with Gasteiger partial charge in [0.2, 0.25) is 0 Å². The van der Waals surface area contributed by atoms with Crippen LogP contribution in [-0.4, -0.2) is 29.2 Å². The Bertz CT molecular complexity index is 1140. The van der Waals surface area contributed by atoms with Gasteiger partial charge in [-0.2, -0.15) is 0 Å². The number of carbonyl (C=O) groups is 1. The predicted molar refractivity (Wildman–Crippen MR) is 113 cm³/mol. The number of hydrogen-bond acceptors (Lipinski definition) is 5. The van der Waals surface area contributed by atoms with E-state index in [9.17, 15) is 4.79 Å². The topological polar surface area (TPSA) is 69.3 Å². The highest BCUT2D eigenvalue weighted by Gasteiger charge is 2.15. The molecule has 0 radical (unpaired) electrons. The van der Waals surface area contributed by atoms with Gasteiger partial charge >= 0.3 is 0 Å². The Morgan fingerprint density at radius 2 is 2.03 bits per heavy atom. The molecule has 0 aliphatic rings. The number of Topliss-reactive ketones (excluding diaryl/α,β-unsaturated/α-hetero) is 1. The van der Waals surface area contributed by atoms with Crippen LogP contribution in [0, 0.1) is 6.92 Å². The van der Waals surface area contributed by atoms with Crippen molar-refractivity contribution in [2.75, 3.05) is 19.0 Å². The van der Waals surface area contributed by atoms with Crippen molar-refractivity contribution in [3.05, 3.63) is 77.7 Å². The number of benzene rings is 2. The predicted octanol–water partition coefficient (Wildman–Crippen LogP) is 4.68. The third-order valence-electron chi connectivity index (χ3n) is 4.86. The lowest BCUT2D eigenvalue weighted by atomic mass is 10.1. The molecule has 0 saturated heterocycles. The molecule has 29 heavy (non-hydrogen) atoms. The van der Waals surface area contributed by atoms with Crippen molar-refractivity contribution in [3.8, 4) is 5.75 Å². The van der Waals surface area contributed by atoms with Gasteiger partial charge in [0.25, 0.3) is 0 Å². The summed E-state index contributed by atoms with van der Waals surface area (Å²) in [6.07, 6.45) is 2.33. The number of fused-ring (bicyclic) bond motifs is 1. The number of para-hydroxylation sites is 1. The molecule has 0 aliphatic heterocycles. The molecule has 0 aliphatic carbocycles. The highest BCUT2D eigenvalue weighted by Crippen LogP contribution is 2.24. The zero-order valence-corrected chi connectivity index (χ0v) is 16.5. The molecule has 1 N–H and O–H groups in total. The Hall–Kier alpha value is -3.54. The van der Waals surface area contributed by atoms with Crippen molar-refractivity contribution in [3.63, 3.8) is 0 Å². The number of aryl methyl sites for hydroxylation is 1. The molecular weight excluding hydrogens is 366 g/mol. The number of nitrogens with zero attached hydrogens (tertiary/aromatic N) is 2. The number of ether oxygens (including phenoxy) is 1. The molecule has 2 heterocycles. The zero-order chi connectivity index (χ0) is 20.2. The third-order valence-corrected chi connectivity index (χ3v) is 4.86. The lowest BCUT2D eigenvalue weighted by molar-refractivity contribution is 0.0988. The van der Waals surface area contributed by atoms with Crippen molar-refractivity contribution < 1.29 is 14.1 Å². The van der Waals surface area contributed by atoms with Gasteiger partial charge in [-0.1, -0.05) is 35.5 Å². The van der Waals surface area contributed by atoms with E-state index in [1.807, 2.05) is 61.7 Å². The largest absolute Gasteiger partial charge is 0.497 e. The van der Waals surface area contributed by atoms with Crippen LogP contribution in [0.3, 0.4) is 0 Å². The molecule has 2 aromatic carbocycles. The molecule has 0 unspecified atom stereocenters. The smallest absolute Gasteiger partial charge is 0.169 e. The molecule has 0 amide bonds. The van der Waals surface area contributed by atoms with E-state index in [1.165, 1.54) is 0 Å². The molecular formula is C23H23N3O3. The van der Waals surface area contributed by atoms with Crippen LogP contribution in [0.2, 0.25) is 0 Å². The molecule has 0 atom stereocenters. The van der Waals surface area contributed by atoms with E-state index in [2.05, 4.69) is 21.1 Å². The summed E-state index contributed by atoms with van der Waals surface area (Å²) in [6.45, 7) is 3.00. The van der Waals surface area contributed by atoms with Crippen LogP contribution in [0.1, 0.15) is 28.1 Å². The molecule has 6 heteroatoms. The normalized spacial score (nSPS) is 11.0. The summed E-state index contributed by atoms with van der Waals surface area (Å²) in [4.78, 5) is 12.9. The Morgan fingerprint density at radius 3 is 2.83 bits per heavy atom. The number of nitrogens with one attached hydrogen (secondary N) is 1. The summed E-state index contributed by atoms with van der Waals surface area (Å²) >= 11 is 0. The average Bonchev–Trinajstić information content (AvgIpc) is 3.32. The second-order valence-electron chi connectivity index (χ2n) is 6.96. The van der Waals surface area contributed by atoms with Crippen molar-refractivity contribution in [2.24, 2.45) is 0 Å². The van der Waals surface area contributed by atoms with Crippen LogP contribution in [0.25, 0.3) is 10.9 Å². The Morgan fingerprint density at radius 1 is 1.17 bits per heavy atom. The van der Waals surface area contributed by atoms with E-state index in [0.29, 0.717) is 25.3 Å². The van der Waals surface area contributed by atoms with Gasteiger partial charge in [-0.15, -0.1) is 0 Å². The van der Waals surface area contributed by atoms with Gasteiger partial charge in [-0.25, -0.2) is 0 Å². The first kappa shape index (κ1) is 18.8. The second kappa shape index (κ2) is 8.22. The molecule has 0 saturated carbocycles. The molecule has 4 rings (SSSR count). The number of rotatable bonds is 8. The quantitative estimate of drug-likeness (QED) is 0.443. The summed E-state index contributed by atoms with van der Waals surface area (Å²) in [5.74, 6) is 2.30. The maximum atomic E-state index is 12.9. The number of aromatic nitrogens is 2. The van der Waals surface area contributed by atoms with E-state index >= 15 is 0 Å². The molecule has 6 nitrogen and oxygen atoms in total. The van der Waals surface area contributed by atoms with Crippen molar-refractivity contribution in [2.45, 2.75) is 19.9 Å². The monoisotopic (exact) mass is 389 g/mol. The third kappa shape index (κ3) is 4.16. The van der Waals surface area contributed by atoms with Crippen LogP contribution in [-0.2, 0) is 6.54 Å². The van der Waals surface area contributed by atoms with Gasteiger partial charge in [0.1, 0.15) is 11.5 Å². The molecule has 0 spiro atoms. The van der Waals surface area contributed by atoms with E-state index in [4.69, 9.17) is 9.26 Å². The highest BCUT2D eigenvalue weighted by molar-refractivity contribution is 6.08. The van der Waals surface area contributed by atoms with Gasteiger partial charge in [-0.3, -0.25) is 4.79 Å². The Kier molecular flexibility index (Phi) is 5.33. The average molecular weight is 389 g/mol. The first-order chi connectivity index (χ1) is 14.1. The fourth-order valence-corrected chi connectivity index (χ4v) is 3.46. The minimum atomic E-state index is 0.0957. The lowest BCUT2D eigenvalue weighted by Gasteiger charge is -2.07. The maximum absolute atomic E-state index is 12.9. The van der Waals surface area contributed by atoms with Crippen molar-refractivity contribution in [1.82, 2.24) is 9.72 Å². The van der Waals surface area contributed by atoms with Crippen LogP contribution < -0.4 is 10.1 Å². The van der Waals surface area contributed by atoms with Crippen molar-refractivity contribution in [1.29, 1.82) is 0 Å². The summed E-state index contributed by atoms with van der Waals surface area (Å²) in [5, 5.41) is 7.99. The van der Waals surface area contributed by atoms with Crippen LogP contribution >= 0.6 is 0 Å². The number of carbonyl (C=O) groups excluding carboxylic acids is 1. The SMILES string of the molecule is COc1cccc(Cn2cc(C(=O)CCNc3cc(C)on3)c3ccccc32)c1. The molecule has 0 fully saturated rings. The second-order valence-corrected chi connectivity index (χ2v) is 6.96. The Labute approximate surface area is 169 Å². The van der Waals surface area contributed by atoms with Crippen LogP contribution in [0.5, 0.6) is 5.75 Å². The summed E-state index contributed by atoms with van der Waals surface area (Å²) in [7, 11) is 1.66. The molecule has 148 valence electrons. The number of hydrogen-bond donors (Lipinski definition) is 1. The van der Waals surface area contributed by atoms with Gasteiger partial charge < -0.3 is 19.1 Å². The van der Waals surface area contributed by atoms with Gasteiger partial charge in [0, 0.05) is 48.2 Å². The van der Waals surface area contributed by atoms with E-state index in [-0.39, 0.29) is 5.78 Å². The molecule has 2 aromatic heterocycles. The number of ketones is 1. The fourth-order valence-electron chi connectivity index (χ4n) is 3.46. The maximum Gasteiger partial charge on any atom is 0.169 e. The van der Waals surface area contributed by atoms with Gasteiger partial charge in [-0.05, 0) is 30.7 Å². The van der Waals surface area contributed by atoms with Gasteiger partial charge in [0.05, 0.1) is 7.11 Å². The first-order valence-corrected chi connectivity index (χ1v) is 9.55. The van der Waals surface area contributed by atoms with E-state index in [1.54, 1.807) is 7.11 Å². The minimum absolute atomic E-state index is 0.0957. The van der Waals surface area contributed by atoms with E-state index in [0.717, 1.165) is 33.5 Å². The molecule has 0 bridgehead atoms. The molecule has 4 aromatic rings. The number of anilines is 1. The summed E-state index contributed by atoms with van der Waals surface area (Å²) in [6, 6.07) is 17.8. The fraction of sp³-hybridized carbons (Fsp3) is 0.217. The van der Waals surface area contributed by atoms with Crippen LogP contribution in [0.4, 0.5) is 5.82 Å². The number of methoxy groups -OCH3 is 1. The standard InChI is InChI=1S/C23H23N3O3/c1-16-12-23(25-29-16)24-11-10-22(27)20-15-26(21-9-4-3-8-19(20)21)14-17-6-5-7-18(13-17)28-2/h3-9,12-13,15H,10-11,14H2,1-2H3,(H,24,25). The summed E-state index contributed by atoms with van der Waals surface area (Å²) < 4.78 is 12.5. The van der Waals surface area contributed by atoms with Crippen LogP contribution in [0.15, 0.2) is 65.3 Å². The first-order valence-electron chi connectivity index (χ1n) is 9.55. The minimum Gasteiger partial charge on any atom is -0.497 e. The van der Waals surface area contributed by atoms with Crippen molar-refractivity contribution >= 4 is 22.5 Å².